The van der Waals surface area contributed by atoms with Crippen molar-refractivity contribution in [2.75, 3.05) is 14.2 Å². The van der Waals surface area contributed by atoms with E-state index < -0.39 is 0 Å². The molecule has 2 aromatic rings. The second kappa shape index (κ2) is 11.8. The van der Waals surface area contributed by atoms with E-state index in [1.807, 2.05) is 18.2 Å². The normalized spacial score (nSPS) is 15.0. The summed E-state index contributed by atoms with van der Waals surface area (Å²) in [6.07, 6.45) is 8.99. The van der Waals surface area contributed by atoms with E-state index >= 15 is 0 Å². The zero-order chi connectivity index (χ0) is 21.2. The maximum atomic E-state index is 5.92. The van der Waals surface area contributed by atoms with Crippen LogP contribution < -0.4 is 14.8 Å². The molecular formula is C25H34N2O2S. The summed E-state index contributed by atoms with van der Waals surface area (Å²) in [5.41, 5.74) is 2.30. The molecule has 0 amide bonds. The van der Waals surface area contributed by atoms with E-state index in [9.17, 15) is 0 Å². The van der Waals surface area contributed by atoms with Gasteiger partial charge in [-0.3, -0.25) is 0 Å². The van der Waals surface area contributed by atoms with Crippen molar-refractivity contribution in [3.8, 4) is 11.5 Å². The lowest BCUT2D eigenvalue weighted by Crippen LogP contribution is -2.44. The summed E-state index contributed by atoms with van der Waals surface area (Å²) in [4.78, 5) is 2.24. The van der Waals surface area contributed by atoms with Gasteiger partial charge in [0.05, 0.1) is 14.2 Å². The van der Waals surface area contributed by atoms with Crippen LogP contribution in [0.15, 0.2) is 48.5 Å². The average molecular weight is 427 g/mol. The van der Waals surface area contributed by atoms with E-state index in [1.54, 1.807) is 14.2 Å². The molecule has 0 atom stereocenters. The lowest BCUT2D eigenvalue weighted by Gasteiger charge is -2.31. The molecule has 1 fully saturated rings. The highest BCUT2D eigenvalue weighted by molar-refractivity contribution is 7.80. The predicted molar refractivity (Wildman–Crippen MR) is 127 cm³/mol. The Bertz CT molecular complexity index is 789. The third-order valence-corrected chi connectivity index (χ3v) is 6.16. The standard InChI is InChI=1S/C25H34N2O2S/c1-28-23-17-11-14-21(24(23)29-2)19-27(18-20-12-7-6-8-13-20)25(30)26-22-15-9-4-3-5-10-16-22/h6-8,11-14,17,22H,3-5,9-10,15-16,18-19H2,1-2H3,(H,26,30). The van der Waals surface area contributed by atoms with E-state index in [0.717, 1.165) is 28.7 Å². The summed E-state index contributed by atoms with van der Waals surface area (Å²) in [5, 5.41) is 4.49. The molecule has 0 spiro atoms. The van der Waals surface area contributed by atoms with Crippen molar-refractivity contribution < 1.29 is 9.47 Å². The van der Waals surface area contributed by atoms with E-state index in [-0.39, 0.29) is 0 Å². The van der Waals surface area contributed by atoms with Gasteiger partial charge in [0.15, 0.2) is 16.6 Å². The zero-order valence-corrected chi connectivity index (χ0v) is 19.0. The van der Waals surface area contributed by atoms with E-state index in [2.05, 4.69) is 40.5 Å². The molecule has 0 aliphatic heterocycles. The van der Waals surface area contributed by atoms with Crippen LogP contribution >= 0.6 is 12.2 Å². The number of ether oxygens (including phenoxy) is 2. The number of para-hydroxylation sites is 1. The number of methoxy groups -OCH3 is 2. The topological polar surface area (TPSA) is 33.7 Å². The molecule has 0 heterocycles. The Hall–Kier alpha value is -2.27. The number of benzene rings is 2. The first kappa shape index (κ1) is 22.4. The molecule has 0 radical (unpaired) electrons. The van der Waals surface area contributed by atoms with Gasteiger partial charge in [-0.1, -0.05) is 74.6 Å². The Morgan fingerprint density at radius 3 is 2.27 bits per heavy atom. The fourth-order valence-corrected chi connectivity index (χ4v) is 4.45. The zero-order valence-electron chi connectivity index (χ0n) is 18.2. The summed E-state index contributed by atoms with van der Waals surface area (Å²) < 4.78 is 11.2. The number of nitrogens with one attached hydrogen (secondary N) is 1. The van der Waals surface area contributed by atoms with Crippen LogP contribution in [0.25, 0.3) is 0 Å². The van der Waals surface area contributed by atoms with E-state index in [1.165, 1.54) is 50.5 Å². The van der Waals surface area contributed by atoms with Crippen molar-refractivity contribution in [1.82, 2.24) is 10.2 Å². The fraction of sp³-hybridized carbons (Fsp3) is 0.480. The van der Waals surface area contributed by atoms with Gasteiger partial charge in [0.2, 0.25) is 0 Å². The maximum absolute atomic E-state index is 5.92. The number of thiocarbonyl (C=S) groups is 1. The van der Waals surface area contributed by atoms with Crippen molar-refractivity contribution >= 4 is 17.3 Å². The highest BCUT2D eigenvalue weighted by Crippen LogP contribution is 2.32. The van der Waals surface area contributed by atoms with Gasteiger partial charge in [-0.05, 0) is 36.7 Å². The van der Waals surface area contributed by atoms with Gasteiger partial charge < -0.3 is 19.7 Å². The third-order valence-electron chi connectivity index (χ3n) is 5.78. The van der Waals surface area contributed by atoms with Gasteiger partial charge in [-0.25, -0.2) is 0 Å². The minimum absolute atomic E-state index is 0.461. The van der Waals surface area contributed by atoms with Crippen LogP contribution in [-0.4, -0.2) is 30.3 Å². The highest BCUT2D eigenvalue weighted by Gasteiger charge is 2.19. The van der Waals surface area contributed by atoms with Crippen LogP contribution in [0.2, 0.25) is 0 Å². The molecule has 0 unspecified atom stereocenters. The molecule has 1 aliphatic carbocycles. The van der Waals surface area contributed by atoms with Gasteiger partial charge in [0, 0.05) is 24.7 Å². The molecule has 0 saturated heterocycles. The van der Waals surface area contributed by atoms with E-state index in [4.69, 9.17) is 21.7 Å². The maximum Gasteiger partial charge on any atom is 0.169 e. The number of hydrogen-bond acceptors (Lipinski definition) is 3. The van der Waals surface area contributed by atoms with Crippen LogP contribution in [0.1, 0.15) is 56.1 Å². The Balaban J connectivity index is 1.78. The van der Waals surface area contributed by atoms with E-state index in [0.29, 0.717) is 12.6 Å². The first-order chi connectivity index (χ1) is 14.7. The molecule has 3 rings (SSSR count). The summed E-state index contributed by atoms with van der Waals surface area (Å²) in [6, 6.07) is 17.0. The van der Waals surface area contributed by atoms with Crippen LogP contribution in [0.4, 0.5) is 0 Å². The second-order valence-electron chi connectivity index (χ2n) is 7.99. The average Bonchev–Trinajstić information content (AvgIpc) is 2.75. The highest BCUT2D eigenvalue weighted by atomic mass is 32.1. The summed E-state index contributed by atoms with van der Waals surface area (Å²) in [6.45, 7) is 1.41. The van der Waals surface area contributed by atoms with Gasteiger partial charge in [-0.15, -0.1) is 0 Å². The molecule has 162 valence electrons. The molecule has 0 aromatic heterocycles. The van der Waals surface area contributed by atoms with Gasteiger partial charge in [0.1, 0.15) is 0 Å². The molecule has 1 saturated carbocycles. The quantitative estimate of drug-likeness (QED) is 0.575. The minimum atomic E-state index is 0.461. The first-order valence-electron chi connectivity index (χ1n) is 11.0. The van der Waals surface area contributed by atoms with Crippen LogP contribution in [0, 0.1) is 0 Å². The van der Waals surface area contributed by atoms with Crippen molar-refractivity contribution in [2.24, 2.45) is 0 Å². The molecular weight excluding hydrogens is 392 g/mol. The Morgan fingerprint density at radius 2 is 1.60 bits per heavy atom. The smallest absolute Gasteiger partial charge is 0.169 e. The van der Waals surface area contributed by atoms with Crippen molar-refractivity contribution in [3.05, 3.63) is 59.7 Å². The summed E-state index contributed by atoms with van der Waals surface area (Å²) in [7, 11) is 3.36. The monoisotopic (exact) mass is 426 g/mol. The molecule has 1 aliphatic rings. The molecule has 1 N–H and O–H groups in total. The molecule has 4 nitrogen and oxygen atoms in total. The Kier molecular flexibility index (Phi) is 8.81. The van der Waals surface area contributed by atoms with Crippen LogP contribution in [-0.2, 0) is 13.1 Å². The number of rotatable bonds is 7. The summed E-state index contributed by atoms with van der Waals surface area (Å²) in [5.74, 6) is 1.51. The third kappa shape index (κ3) is 6.36. The molecule has 0 bridgehead atoms. The minimum Gasteiger partial charge on any atom is -0.493 e. The van der Waals surface area contributed by atoms with Gasteiger partial charge in [-0.2, -0.15) is 0 Å². The Morgan fingerprint density at radius 1 is 0.900 bits per heavy atom. The van der Waals surface area contributed by atoms with Gasteiger partial charge >= 0.3 is 0 Å². The lowest BCUT2D eigenvalue weighted by molar-refractivity contribution is 0.335. The second-order valence-corrected chi connectivity index (χ2v) is 8.37. The number of hydrogen-bond donors (Lipinski definition) is 1. The van der Waals surface area contributed by atoms with Crippen molar-refractivity contribution in [1.29, 1.82) is 0 Å². The molecule has 30 heavy (non-hydrogen) atoms. The van der Waals surface area contributed by atoms with Crippen LogP contribution in [0.3, 0.4) is 0 Å². The molecule has 5 heteroatoms. The van der Waals surface area contributed by atoms with Crippen molar-refractivity contribution in [2.45, 2.75) is 64.1 Å². The van der Waals surface area contributed by atoms with Crippen molar-refractivity contribution in [3.63, 3.8) is 0 Å². The largest absolute Gasteiger partial charge is 0.493 e. The molecule has 2 aromatic carbocycles. The first-order valence-corrected chi connectivity index (χ1v) is 11.4. The van der Waals surface area contributed by atoms with Crippen LogP contribution in [0.5, 0.6) is 11.5 Å². The SMILES string of the molecule is COc1cccc(CN(Cc2ccccc2)C(=S)NC2CCCCCCC2)c1OC. The predicted octanol–water partition coefficient (Wildman–Crippen LogP) is 5.69. The Labute approximate surface area is 186 Å². The number of nitrogens with zero attached hydrogens (tertiary/aromatic N) is 1. The fourth-order valence-electron chi connectivity index (χ4n) is 4.15. The summed E-state index contributed by atoms with van der Waals surface area (Å²) >= 11 is 5.92. The lowest BCUT2D eigenvalue weighted by atomic mass is 9.97. The van der Waals surface area contributed by atoms with Gasteiger partial charge in [0.25, 0.3) is 0 Å².